The Morgan fingerprint density at radius 3 is 2.54 bits per heavy atom. The Labute approximate surface area is 152 Å². The molecule has 0 amide bonds. The van der Waals surface area contributed by atoms with Crippen LogP contribution in [-0.4, -0.2) is 41.6 Å². The molecular weight excluding hydrogens is 336 g/mol. The van der Waals surface area contributed by atoms with Gasteiger partial charge in [-0.05, 0) is 38.5 Å². The van der Waals surface area contributed by atoms with Crippen LogP contribution in [0.1, 0.15) is 59.3 Å². The first kappa shape index (κ1) is 16.7. The lowest BCUT2D eigenvalue weighted by molar-refractivity contribution is -0.247. The van der Waals surface area contributed by atoms with Crippen molar-refractivity contribution in [2.75, 3.05) is 6.61 Å². The van der Waals surface area contributed by atoms with Crippen molar-refractivity contribution in [2.45, 2.75) is 76.6 Å². The quantitative estimate of drug-likeness (QED) is 0.485. The highest BCUT2D eigenvalue weighted by atomic mass is 16.6. The van der Waals surface area contributed by atoms with E-state index in [4.69, 9.17) is 14.2 Å². The Morgan fingerprint density at radius 2 is 1.85 bits per heavy atom. The molecule has 3 heterocycles. The summed E-state index contributed by atoms with van der Waals surface area (Å²) in [6, 6.07) is 0. The van der Waals surface area contributed by atoms with E-state index in [-0.39, 0.29) is 41.1 Å². The molecule has 0 N–H and O–H groups in total. The number of Topliss-reactive ketones (excluding diaryl/α,β-unsaturated/α-hetero) is 1. The molecule has 5 rings (SSSR count). The lowest BCUT2D eigenvalue weighted by Gasteiger charge is -2.61. The number of carbonyl (C=O) groups excluding carboxylic acids is 3. The van der Waals surface area contributed by atoms with Crippen molar-refractivity contribution in [2.24, 2.45) is 22.7 Å². The Morgan fingerprint density at radius 1 is 1.08 bits per heavy atom. The lowest BCUT2D eigenvalue weighted by atomic mass is 9.44. The summed E-state index contributed by atoms with van der Waals surface area (Å²) in [6.07, 6.45) is 3.50. The summed E-state index contributed by atoms with van der Waals surface area (Å²) < 4.78 is 17.8. The topological polar surface area (TPSA) is 78.9 Å². The molecule has 2 aliphatic carbocycles. The van der Waals surface area contributed by atoms with Gasteiger partial charge in [0, 0.05) is 17.8 Å². The molecule has 7 unspecified atom stereocenters. The van der Waals surface area contributed by atoms with Gasteiger partial charge in [0.25, 0.3) is 0 Å². The van der Waals surface area contributed by atoms with Gasteiger partial charge in [-0.15, -0.1) is 0 Å². The Kier molecular flexibility index (Phi) is 3.02. The second-order valence-electron chi connectivity index (χ2n) is 9.61. The maximum atomic E-state index is 12.8. The summed E-state index contributed by atoms with van der Waals surface area (Å²) in [7, 11) is 0. The van der Waals surface area contributed by atoms with Crippen molar-refractivity contribution in [3.63, 3.8) is 0 Å². The van der Waals surface area contributed by atoms with Crippen molar-refractivity contribution in [3.05, 3.63) is 0 Å². The summed E-state index contributed by atoms with van der Waals surface area (Å²) >= 11 is 0. The van der Waals surface area contributed by atoms with E-state index in [0.29, 0.717) is 32.3 Å². The van der Waals surface area contributed by atoms with Gasteiger partial charge in [-0.3, -0.25) is 14.4 Å². The third-order valence-electron chi connectivity index (χ3n) is 8.48. The Bertz CT molecular complexity index is 732. The van der Waals surface area contributed by atoms with Gasteiger partial charge in [-0.1, -0.05) is 13.8 Å². The van der Waals surface area contributed by atoms with Crippen molar-refractivity contribution in [1.29, 1.82) is 0 Å². The normalized spacial score (nSPS) is 55.3. The molecule has 2 saturated carbocycles. The number of hydrogen-bond donors (Lipinski definition) is 0. The van der Waals surface area contributed by atoms with Gasteiger partial charge in [0.15, 0.2) is 0 Å². The van der Waals surface area contributed by atoms with Crippen LogP contribution in [0.3, 0.4) is 0 Å². The fourth-order valence-electron chi connectivity index (χ4n) is 7.16. The molecule has 5 fully saturated rings. The molecule has 7 atom stereocenters. The third-order valence-corrected chi connectivity index (χ3v) is 8.48. The number of esters is 2. The molecule has 3 saturated heterocycles. The predicted octanol–water partition coefficient (Wildman–Crippen LogP) is 2.18. The second kappa shape index (κ2) is 4.70. The number of fused-ring (bicyclic) bond motifs is 1. The smallest absolute Gasteiger partial charge is 0.320 e. The van der Waals surface area contributed by atoms with Crippen molar-refractivity contribution in [3.8, 4) is 0 Å². The Hall–Kier alpha value is -1.43. The summed E-state index contributed by atoms with van der Waals surface area (Å²) in [5.74, 6) is -0.527. The Balaban J connectivity index is 1.61. The molecule has 0 radical (unpaired) electrons. The SMILES string of the molecule is CC1CC2OC(=O)C3(C)C(=O)CCC(C)(C23)C12CCC1(COC(=O)C1)O2. The fourth-order valence-corrected chi connectivity index (χ4v) is 7.16. The minimum atomic E-state index is -1.06. The maximum absolute atomic E-state index is 12.8. The van der Waals surface area contributed by atoms with Crippen LogP contribution in [0.4, 0.5) is 0 Å². The monoisotopic (exact) mass is 362 g/mol. The van der Waals surface area contributed by atoms with Crippen molar-refractivity contribution < 1.29 is 28.6 Å². The average Bonchev–Trinajstić information content (AvgIpc) is 3.21. The number of cyclic esters (lactones) is 1. The standard InChI is InChI=1S/C20H26O6/c1-11-8-12-15-17(2,5-4-13(21)18(15,3)16(23)25-12)20(11)7-6-19(26-20)9-14(22)24-10-19/h11-12,15H,4-10H2,1-3H3. The summed E-state index contributed by atoms with van der Waals surface area (Å²) in [4.78, 5) is 37.2. The largest absolute Gasteiger partial charge is 0.463 e. The van der Waals surface area contributed by atoms with E-state index in [9.17, 15) is 14.4 Å². The van der Waals surface area contributed by atoms with Crippen LogP contribution in [0.5, 0.6) is 0 Å². The lowest BCUT2D eigenvalue weighted by Crippen LogP contribution is -2.67. The van der Waals surface area contributed by atoms with E-state index in [1.54, 1.807) is 6.92 Å². The van der Waals surface area contributed by atoms with E-state index in [0.717, 1.165) is 12.8 Å². The molecule has 6 heteroatoms. The first-order valence-electron chi connectivity index (χ1n) is 9.77. The minimum Gasteiger partial charge on any atom is -0.463 e. The number of ketones is 1. The van der Waals surface area contributed by atoms with Gasteiger partial charge < -0.3 is 14.2 Å². The van der Waals surface area contributed by atoms with Crippen LogP contribution in [0, 0.1) is 22.7 Å². The molecular formula is C20H26O6. The van der Waals surface area contributed by atoms with Gasteiger partial charge in [-0.2, -0.15) is 0 Å². The van der Waals surface area contributed by atoms with Crippen LogP contribution in [0.2, 0.25) is 0 Å². The molecule has 0 aromatic heterocycles. The van der Waals surface area contributed by atoms with E-state index in [2.05, 4.69) is 13.8 Å². The van der Waals surface area contributed by atoms with Crippen LogP contribution in [-0.2, 0) is 28.6 Å². The zero-order chi connectivity index (χ0) is 18.5. The average molecular weight is 362 g/mol. The molecule has 2 spiro atoms. The molecule has 5 aliphatic rings. The molecule has 0 bridgehead atoms. The van der Waals surface area contributed by atoms with Gasteiger partial charge >= 0.3 is 11.9 Å². The van der Waals surface area contributed by atoms with Gasteiger partial charge in [0.2, 0.25) is 0 Å². The number of carbonyl (C=O) groups is 3. The second-order valence-corrected chi connectivity index (χ2v) is 9.61. The zero-order valence-corrected chi connectivity index (χ0v) is 15.6. The highest BCUT2D eigenvalue weighted by Gasteiger charge is 2.76. The van der Waals surface area contributed by atoms with Crippen LogP contribution < -0.4 is 0 Å². The van der Waals surface area contributed by atoms with Crippen LogP contribution in [0.25, 0.3) is 0 Å². The highest BCUT2D eigenvalue weighted by molar-refractivity contribution is 6.06. The van der Waals surface area contributed by atoms with Crippen molar-refractivity contribution in [1.82, 2.24) is 0 Å². The molecule has 0 aromatic rings. The van der Waals surface area contributed by atoms with E-state index in [1.165, 1.54) is 0 Å². The van der Waals surface area contributed by atoms with Crippen LogP contribution in [0.15, 0.2) is 0 Å². The summed E-state index contributed by atoms with van der Waals surface area (Å²) in [6.45, 7) is 6.44. The number of hydrogen-bond acceptors (Lipinski definition) is 6. The first-order chi connectivity index (χ1) is 12.2. The van der Waals surface area contributed by atoms with Crippen LogP contribution >= 0.6 is 0 Å². The maximum Gasteiger partial charge on any atom is 0.320 e. The van der Waals surface area contributed by atoms with Gasteiger partial charge in [-0.25, -0.2) is 0 Å². The molecule has 26 heavy (non-hydrogen) atoms. The minimum absolute atomic E-state index is 0.00395. The zero-order valence-electron chi connectivity index (χ0n) is 15.6. The van der Waals surface area contributed by atoms with Crippen molar-refractivity contribution >= 4 is 17.7 Å². The number of rotatable bonds is 0. The first-order valence-corrected chi connectivity index (χ1v) is 9.77. The molecule has 6 nitrogen and oxygen atoms in total. The highest BCUT2D eigenvalue weighted by Crippen LogP contribution is 2.69. The number of ether oxygens (including phenoxy) is 3. The van der Waals surface area contributed by atoms with E-state index < -0.39 is 16.6 Å². The van der Waals surface area contributed by atoms with E-state index >= 15 is 0 Å². The molecule has 0 aromatic carbocycles. The molecule has 142 valence electrons. The molecule has 3 aliphatic heterocycles. The fraction of sp³-hybridized carbons (Fsp3) is 0.850. The summed E-state index contributed by atoms with van der Waals surface area (Å²) in [5.41, 5.74) is -2.38. The van der Waals surface area contributed by atoms with Gasteiger partial charge in [0.1, 0.15) is 29.5 Å². The van der Waals surface area contributed by atoms with Gasteiger partial charge in [0.05, 0.1) is 12.0 Å². The summed E-state index contributed by atoms with van der Waals surface area (Å²) in [5, 5.41) is 0. The van der Waals surface area contributed by atoms with E-state index in [1.807, 2.05) is 0 Å². The predicted molar refractivity (Wildman–Crippen MR) is 89.0 cm³/mol. The third kappa shape index (κ3) is 1.66.